The number of alkyl halides is 3. The second kappa shape index (κ2) is 6.26. The van der Waals surface area contributed by atoms with Gasteiger partial charge in [-0.15, -0.1) is 5.10 Å². The lowest BCUT2D eigenvalue weighted by atomic mass is 10.1. The standard InChI is InChI=1S/C18H18F3N3/c1-3-18(20,21)17-22-16-9-12(2)8-15(24(16)23-17)10-13-4-6-14(11-19)7-5-13/h4-9H,3,10-11H2,1-2H3. The van der Waals surface area contributed by atoms with Crippen molar-refractivity contribution in [3.63, 3.8) is 0 Å². The molecule has 0 spiro atoms. The van der Waals surface area contributed by atoms with Crippen LogP contribution in [0.3, 0.4) is 0 Å². The third kappa shape index (κ3) is 3.13. The molecule has 2 aromatic heterocycles. The molecule has 0 bridgehead atoms. The first-order valence-electron chi connectivity index (χ1n) is 7.81. The Bertz CT molecular complexity index is 854. The Kier molecular flexibility index (Phi) is 4.30. The van der Waals surface area contributed by atoms with Crippen LogP contribution in [0.2, 0.25) is 0 Å². The highest BCUT2D eigenvalue weighted by atomic mass is 19.3. The predicted octanol–water partition coefficient (Wildman–Crippen LogP) is 4.60. The summed E-state index contributed by atoms with van der Waals surface area (Å²) in [5.74, 6) is -3.50. The molecular weight excluding hydrogens is 315 g/mol. The number of aryl methyl sites for hydroxylation is 1. The van der Waals surface area contributed by atoms with Crippen molar-refractivity contribution in [3.8, 4) is 0 Å². The topological polar surface area (TPSA) is 30.2 Å². The average molecular weight is 333 g/mol. The smallest absolute Gasteiger partial charge is 0.246 e. The van der Waals surface area contributed by atoms with Gasteiger partial charge in [0.05, 0.1) is 0 Å². The van der Waals surface area contributed by atoms with E-state index in [0.717, 1.165) is 16.8 Å². The van der Waals surface area contributed by atoms with Gasteiger partial charge in [-0.1, -0.05) is 31.2 Å². The number of fused-ring (bicyclic) bond motifs is 1. The van der Waals surface area contributed by atoms with E-state index in [4.69, 9.17) is 0 Å². The van der Waals surface area contributed by atoms with E-state index in [9.17, 15) is 13.2 Å². The molecule has 0 aliphatic heterocycles. The van der Waals surface area contributed by atoms with Gasteiger partial charge in [0.15, 0.2) is 5.65 Å². The van der Waals surface area contributed by atoms with E-state index in [2.05, 4.69) is 10.1 Å². The normalized spacial score (nSPS) is 12.0. The minimum atomic E-state index is -3.04. The fourth-order valence-corrected chi connectivity index (χ4v) is 2.59. The van der Waals surface area contributed by atoms with E-state index in [0.29, 0.717) is 17.6 Å². The van der Waals surface area contributed by atoms with Crippen LogP contribution >= 0.6 is 0 Å². The number of pyridine rings is 1. The van der Waals surface area contributed by atoms with E-state index in [-0.39, 0.29) is 6.42 Å². The minimum Gasteiger partial charge on any atom is -0.246 e. The van der Waals surface area contributed by atoms with Gasteiger partial charge in [-0.25, -0.2) is 13.9 Å². The Morgan fingerprint density at radius 1 is 1.08 bits per heavy atom. The maximum Gasteiger partial charge on any atom is 0.308 e. The summed E-state index contributed by atoms with van der Waals surface area (Å²) in [4.78, 5) is 4.00. The van der Waals surface area contributed by atoms with Gasteiger partial charge in [0.25, 0.3) is 0 Å². The molecule has 0 amide bonds. The van der Waals surface area contributed by atoms with Gasteiger partial charge in [0.2, 0.25) is 5.82 Å². The van der Waals surface area contributed by atoms with Crippen LogP contribution in [0.25, 0.3) is 5.65 Å². The molecule has 0 aliphatic rings. The Balaban J connectivity index is 2.02. The largest absolute Gasteiger partial charge is 0.308 e. The molecule has 3 rings (SSSR count). The fourth-order valence-electron chi connectivity index (χ4n) is 2.59. The second-order valence-electron chi connectivity index (χ2n) is 5.91. The number of hydrogen-bond donors (Lipinski definition) is 0. The molecule has 126 valence electrons. The zero-order valence-electron chi connectivity index (χ0n) is 13.6. The summed E-state index contributed by atoms with van der Waals surface area (Å²) < 4.78 is 41.9. The summed E-state index contributed by atoms with van der Waals surface area (Å²) in [5.41, 5.74) is 3.67. The lowest BCUT2D eigenvalue weighted by Gasteiger charge is -2.08. The van der Waals surface area contributed by atoms with Gasteiger partial charge in [-0.2, -0.15) is 8.78 Å². The highest BCUT2D eigenvalue weighted by Gasteiger charge is 2.34. The van der Waals surface area contributed by atoms with Crippen LogP contribution in [0.1, 0.15) is 41.6 Å². The lowest BCUT2D eigenvalue weighted by Crippen LogP contribution is -2.14. The van der Waals surface area contributed by atoms with Gasteiger partial charge in [-0.05, 0) is 35.7 Å². The molecule has 0 unspecified atom stereocenters. The zero-order valence-corrected chi connectivity index (χ0v) is 13.6. The van der Waals surface area contributed by atoms with Crippen LogP contribution in [0.5, 0.6) is 0 Å². The summed E-state index contributed by atoms with van der Waals surface area (Å²) in [6, 6.07) is 10.8. The first-order valence-corrected chi connectivity index (χ1v) is 7.81. The average Bonchev–Trinajstić information content (AvgIpc) is 3.00. The van der Waals surface area contributed by atoms with E-state index in [1.165, 1.54) is 11.4 Å². The molecule has 1 aromatic carbocycles. The van der Waals surface area contributed by atoms with Crippen molar-refractivity contribution in [3.05, 3.63) is 64.6 Å². The molecule has 0 atom stereocenters. The Morgan fingerprint density at radius 2 is 1.75 bits per heavy atom. The monoisotopic (exact) mass is 333 g/mol. The van der Waals surface area contributed by atoms with Crippen molar-refractivity contribution >= 4 is 5.65 Å². The molecule has 2 heterocycles. The number of hydrogen-bond acceptors (Lipinski definition) is 2. The molecule has 3 aromatic rings. The number of rotatable bonds is 5. The molecule has 0 saturated carbocycles. The van der Waals surface area contributed by atoms with Crippen molar-refractivity contribution in [1.82, 2.24) is 14.6 Å². The van der Waals surface area contributed by atoms with Gasteiger partial charge in [0.1, 0.15) is 6.67 Å². The molecular formula is C18H18F3N3. The molecule has 0 aliphatic carbocycles. The molecule has 0 radical (unpaired) electrons. The van der Waals surface area contributed by atoms with E-state index >= 15 is 0 Å². The summed E-state index contributed by atoms with van der Waals surface area (Å²) in [5, 5.41) is 4.02. The van der Waals surface area contributed by atoms with Gasteiger partial charge < -0.3 is 0 Å². The third-order valence-electron chi connectivity index (χ3n) is 3.99. The zero-order chi connectivity index (χ0) is 17.3. The van der Waals surface area contributed by atoms with Gasteiger partial charge >= 0.3 is 5.92 Å². The summed E-state index contributed by atoms with van der Waals surface area (Å²) in [6.07, 6.45) is 0.161. The van der Waals surface area contributed by atoms with E-state index in [1.54, 1.807) is 18.2 Å². The van der Waals surface area contributed by atoms with Crippen molar-refractivity contribution in [2.24, 2.45) is 0 Å². The lowest BCUT2D eigenvalue weighted by molar-refractivity contribution is -0.0173. The molecule has 0 N–H and O–H groups in total. The Hall–Kier alpha value is -2.37. The maximum atomic E-state index is 13.9. The highest BCUT2D eigenvalue weighted by Crippen LogP contribution is 2.29. The molecule has 6 heteroatoms. The highest BCUT2D eigenvalue weighted by molar-refractivity contribution is 5.44. The predicted molar refractivity (Wildman–Crippen MR) is 86.0 cm³/mol. The quantitative estimate of drug-likeness (QED) is 0.683. The summed E-state index contributed by atoms with van der Waals surface area (Å²) in [7, 11) is 0. The summed E-state index contributed by atoms with van der Waals surface area (Å²) in [6.45, 7) is 2.79. The van der Waals surface area contributed by atoms with Crippen molar-refractivity contribution in [2.45, 2.75) is 39.3 Å². The van der Waals surface area contributed by atoms with Crippen LogP contribution in [0, 0.1) is 6.92 Å². The molecule has 0 fully saturated rings. The number of benzene rings is 1. The van der Waals surface area contributed by atoms with Crippen molar-refractivity contribution in [2.75, 3.05) is 0 Å². The van der Waals surface area contributed by atoms with Crippen LogP contribution in [-0.4, -0.2) is 14.6 Å². The summed E-state index contributed by atoms with van der Waals surface area (Å²) >= 11 is 0. The van der Waals surface area contributed by atoms with Crippen LogP contribution in [-0.2, 0) is 19.0 Å². The Morgan fingerprint density at radius 3 is 2.38 bits per heavy atom. The SMILES string of the molecule is CCC(F)(F)c1nc2cc(C)cc(Cc3ccc(CF)cc3)n2n1. The van der Waals surface area contributed by atoms with Crippen molar-refractivity contribution < 1.29 is 13.2 Å². The maximum absolute atomic E-state index is 13.9. The number of nitrogens with zero attached hydrogens (tertiary/aromatic N) is 3. The van der Waals surface area contributed by atoms with Crippen LogP contribution in [0.15, 0.2) is 36.4 Å². The van der Waals surface area contributed by atoms with E-state index < -0.39 is 18.4 Å². The van der Waals surface area contributed by atoms with Crippen LogP contribution < -0.4 is 0 Å². The Labute approximate surface area is 138 Å². The minimum absolute atomic E-state index is 0.344. The second-order valence-corrected chi connectivity index (χ2v) is 5.91. The number of halogens is 3. The van der Waals surface area contributed by atoms with Gasteiger partial charge in [0, 0.05) is 18.5 Å². The first kappa shape index (κ1) is 16.5. The van der Waals surface area contributed by atoms with E-state index in [1.807, 2.05) is 25.1 Å². The molecule has 24 heavy (non-hydrogen) atoms. The fraction of sp³-hybridized carbons (Fsp3) is 0.333. The first-order chi connectivity index (χ1) is 11.4. The van der Waals surface area contributed by atoms with Crippen LogP contribution in [0.4, 0.5) is 13.2 Å². The number of aromatic nitrogens is 3. The van der Waals surface area contributed by atoms with Crippen molar-refractivity contribution in [1.29, 1.82) is 0 Å². The molecule has 0 saturated heterocycles. The van der Waals surface area contributed by atoms with Gasteiger partial charge in [-0.3, -0.25) is 0 Å². The third-order valence-corrected chi connectivity index (χ3v) is 3.99. The molecule has 3 nitrogen and oxygen atoms in total.